The molecule has 0 heterocycles. The minimum absolute atomic E-state index is 0.0467. The summed E-state index contributed by atoms with van der Waals surface area (Å²) in [4.78, 5) is 11.2. The van der Waals surface area contributed by atoms with Gasteiger partial charge in [0, 0.05) is 18.6 Å². The highest BCUT2D eigenvalue weighted by atomic mass is 16.3. The highest BCUT2D eigenvalue weighted by molar-refractivity contribution is 5.78. The second-order valence-electron chi connectivity index (χ2n) is 3.91. The van der Waals surface area contributed by atoms with Crippen molar-refractivity contribution in [1.29, 1.82) is 0 Å². The third kappa shape index (κ3) is 6.46. The molecule has 0 aliphatic carbocycles. The van der Waals surface area contributed by atoms with Crippen LogP contribution in [0.4, 0.5) is 0 Å². The molecule has 3 N–H and O–H groups in total. The van der Waals surface area contributed by atoms with E-state index < -0.39 is 0 Å². The smallest absolute Gasteiger partial charge is 0.234 e. The zero-order valence-electron chi connectivity index (χ0n) is 8.76. The number of hydrogen-bond donors (Lipinski definition) is 3. The molecule has 0 atom stereocenters. The van der Waals surface area contributed by atoms with Gasteiger partial charge >= 0.3 is 0 Å². The van der Waals surface area contributed by atoms with E-state index in [9.17, 15) is 4.79 Å². The molecule has 1 amide bonds. The number of rotatable bonds is 6. The van der Waals surface area contributed by atoms with Crippen LogP contribution in [0.25, 0.3) is 0 Å². The first-order chi connectivity index (χ1) is 6.52. The lowest BCUT2D eigenvalue weighted by Crippen LogP contribution is -2.40. The standard InChI is InChI=1S/C10H18N2O2/c1-4-5-11-6-9(14)12-7-10(2,3)8-13/h1,11,13H,5-8H2,2-3H3,(H,12,14). The number of hydrogen-bond acceptors (Lipinski definition) is 3. The first-order valence-electron chi connectivity index (χ1n) is 4.53. The van der Waals surface area contributed by atoms with Crippen molar-refractivity contribution in [1.82, 2.24) is 10.6 Å². The summed E-state index contributed by atoms with van der Waals surface area (Å²) in [6.45, 7) is 4.86. The molecule has 0 radical (unpaired) electrons. The highest BCUT2D eigenvalue weighted by Gasteiger charge is 2.16. The molecule has 0 bridgehead atoms. The predicted molar refractivity (Wildman–Crippen MR) is 55.6 cm³/mol. The van der Waals surface area contributed by atoms with Gasteiger partial charge in [0.2, 0.25) is 5.91 Å². The number of aliphatic hydroxyl groups excluding tert-OH is 1. The van der Waals surface area contributed by atoms with Gasteiger partial charge in [0.25, 0.3) is 0 Å². The summed E-state index contributed by atoms with van der Waals surface area (Å²) in [6, 6.07) is 0. The van der Waals surface area contributed by atoms with E-state index in [1.54, 1.807) is 0 Å². The molecular weight excluding hydrogens is 180 g/mol. The molecular formula is C10H18N2O2. The van der Waals surface area contributed by atoms with Gasteiger partial charge in [-0.05, 0) is 0 Å². The lowest BCUT2D eigenvalue weighted by atomic mass is 9.95. The molecule has 0 unspecified atom stereocenters. The number of amides is 1. The summed E-state index contributed by atoms with van der Waals surface area (Å²) < 4.78 is 0. The number of carbonyl (C=O) groups is 1. The summed E-state index contributed by atoms with van der Waals surface area (Å²) >= 11 is 0. The van der Waals surface area contributed by atoms with Crippen LogP contribution in [0.5, 0.6) is 0 Å². The molecule has 4 nitrogen and oxygen atoms in total. The van der Waals surface area contributed by atoms with Crippen LogP contribution >= 0.6 is 0 Å². The molecule has 14 heavy (non-hydrogen) atoms. The lowest BCUT2D eigenvalue weighted by Gasteiger charge is -2.21. The second-order valence-corrected chi connectivity index (χ2v) is 3.91. The summed E-state index contributed by atoms with van der Waals surface area (Å²) in [5.41, 5.74) is -0.276. The minimum Gasteiger partial charge on any atom is -0.396 e. The quantitative estimate of drug-likeness (QED) is 0.392. The Morgan fingerprint density at radius 1 is 1.57 bits per heavy atom. The molecule has 0 aliphatic rings. The van der Waals surface area contributed by atoms with Crippen molar-refractivity contribution < 1.29 is 9.90 Å². The first-order valence-corrected chi connectivity index (χ1v) is 4.53. The van der Waals surface area contributed by atoms with Gasteiger partial charge in [0.05, 0.1) is 13.1 Å². The minimum atomic E-state index is -0.276. The van der Waals surface area contributed by atoms with E-state index >= 15 is 0 Å². The van der Waals surface area contributed by atoms with Crippen LogP contribution in [0, 0.1) is 17.8 Å². The van der Waals surface area contributed by atoms with Crippen molar-refractivity contribution in [3.05, 3.63) is 0 Å². The van der Waals surface area contributed by atoms with Crippen LogP contribution in [0.2, 0.25) is 0 Å². The van der Waals surface area contributed by atoms with Gasteiger partial charge in [-0.2, -0.15) is 0 Å². The van der Waals surface area contributed by atoms with Crippen molar-refractivity contribution in [3.63, 3.8) is 0 Å². The molecule has 4 heteroatoms. The van der Waals surface area contributed by atoms with Gasteiger partial charge in [-0.3, -0.25) is 10.1 Å². The van der Waals surface area contributed by atoms with E-state index in [1.165, 1.54) is 0 Å². The number of aliphatic hydroxyl groups is 1. The molecule has 0 aromatic heterocycles. The molecule has 0 saturated heterocycles. The molecule has 0 rings (SSSR count). The zero-order valence-corrected chi connectivity index (χ0v) is 8.76. The Hall–Kier alpha value is -1.05. The van der Waals surface area contributed by atoms with E-state index in [4.69, 9.17) is 11.5 Å². The van der Waals surface area contributed by atoms with Gasteiger partial charge in [-0.1, -0.05) is 19.8 Å². The monoisotopic (exact) mass is 198 g/mol. The van der Waals surface area contributed by atoms with Crippen molar-refractivity contribution in [3.8, 4) is 12.3 Å². The maximum Gasteiger partial charge on any atom is 0.234 e. The molecule has 0 fully saturated rings. The zero-order chi connectivity index (χ0) is 11.0. The molecule has 0 aromatic carbocycles. The van der Waals surface area contributed by atoms with Gasteiger partial charge < -0.3 is 10.4 Å². The van der Waals surface area contributed by atoms with E-state index in [1.807, 2.05) is 13.8 Å². The van der Waals surface area contributed by atoms with E-state index in [0.29, 0.717) is 13.1 Å². The van der Waals surface area contributed by atoms with Crippen molar-refractivity contribution in [2.24, 2.45) is 5.41 Å². The van der Waals surface area contributed by atoms with Gasteiger partial charge in [-0.25, -0.2) is 0 Å². The third-order valence-corrected chi connectivity index (χ3v) is 1.70. The number of carbonyl (C=O) groups excluding carboxylic acids is 1. The Morgan fingerprint density at radius 2 is 2.21 bits per heavy atom. The van der Waals surface area contributed by atoms with Gasteiger partial charge in [-0.15, -0.1) is 6.42 Å². The second kappa shape index (κ2) is 6.41. The molecule has 0 saturated carbocycles. The molecule has 0 aliphatic heterocycles. The Labute approximate surface area is 85.1 Å². The lowest BCUT2D eigenvalue weighted by molar-refractivity contribution is -0.120. The molecule has 0 spiro atoms. The van der Waals surface area contributed by atoms with Crippen molar-refractivity contribution in [2.75, 3.05) is 26.2 Å². The summed E-state index contributed by atoms with van der Waals surface area (Å²) in [5, 5.41) is 14.4. The predicted octanol–water partition coefficient (Wildman–Crippen LogP) is -0.656. The van der Waals surface area contributed by atoms with Crippen molar-refractivity contribution >= 4 is 5.91 Å². The summed E-state index contributed by atoms with van der Waals surface area (Å²) in [7, 11) is 0. The third-order valence-electron chi connectivity index (χ3n) is 1.70. The first kappa shape index (κ1) is 12.9. The largest absolute Gasteiger partial charge is 0.396 e. The number of terminal acetylenes is 1. The van der Waals surface area contributed by atoms with Crippen LogP contribution in [0.3, 0.4) is 0 Å². The van der Waals surface area contributed by atoms with Gasteiger partial charge in [0.15, 0.2) is 0 Å². The van der Waals surface area contributed by atoms with Crippen LogP contribution in [0.15, 0.2) is 0 Å². The Kier molecular flexibility index (Phi) is 5.93. The topological polar surface area (TPSA) is 61.4 Å². The fraction of sp³-hybridized carbons (Fsp3) is 0.700. The summed E-state index contributed by atoms with van der Waals surface area (Å²) in [5.74, 6) is 2.27. The average Bonchev–Trinajstić information content (AvgIpc) is 2.16. The fourth-order valence-corrected chi connectivity index (χ4v) is 0.704. The average molecular weight is 198 g/mol. The SMILES string of the molecule is C#CCNCC(=O)NCC(C)(C)CO. The van der Waals surface area contributed by atoms with E-state index in [-0.39, 0.29) is 24.5 Å². The Bertz CT molecular complexity index is 219. The van der Waals surface area contributed by atoms with Crippen LogP contribution in [0.1, 0.15) is 13.8 Å². The Morgan fingerprint density at radius 3 is 2.71 bits per heavy atom. The van der Waals surface area contributed by atoms with Gasteiger partial charge in [0.1, 0.15) is 0 Å². The van der Waals surface area contributed by atoms with Crippen molar-refractivity contribution in [2.45, 2.75) is 13.8 Å². The maximum atomic E-state index is 11.2. The van der Waals surface area contributed by atoms with Crippen LogP contribution < -0.4 is 10.6 Å². The number of nitrogens with one attached hydrogen (secondary N) is 2. The molecule has 0 aromatic rings. The fourth-order valence-electron chi connectivity index (χ4n) is 0.704. The van der Waals surface area contributed by atoms with E-state index in [0.717, 1.165) is 0 Å². The highest BCUT2D eigenvalue weighted by Crippen LogP contribution is 2.10. The van der Waals surface area contributed by atoms with E-state index in [2.05, 4.69) is 16.6 Å². The molecule has 80 valence electrons. The normalized spacial score (nSPS) is 10.7. The Balaban J connectivity index is 3.60. The van der Waals surface area contributed by atoms with Crippen LogP contribution in [-0.4, -0.2) is 37.3 Å². The maximum absolute atomic E-state index is 11.2. The summed E-state index contributed by atoms with van der Waals surface area (Å²) in [6.07, 6.45) is 5.00. The van der Waals surface area contributed by atoms with Crippen LogP contribution in [-0.2, 0) is 4.79 Å².